The predicted octanol–water partition coefficient (Wildman–Crippen LogP) is 5.51. The van der Waals surface area contributed by atoms with Gasteiger partial charge in [-0.3, -0.25) is 9.97 Å². The van der Waals surface area contributed by atoms with E-state index in [0.717, 1.165) is 40.6 Å². The highest BCUT2D eigenvalue weighted by Crippen LogP contribution is 2.61. The van der Waals surface area contributed by atoms with Crippen LogP contribution in [0.2, 0.25) is 0 Å². The first kappa shape index (κ1) is 16.5. The highest BCUT2D eigenvalue weighted by atomic mass is 16.5. The van der Waals surface area contributed by atoms with Gasteiger partial charge >= 0.3 is 0 Å². The van der Waals surface area contributed by atoms with Crippen LogP contribution in [0.4, 0.5) is 0 Å². The summed E-state index contributed by atoms with van der Waals surface area (Å²) in [5.41, 5.74) is 7.34. The monoisotopic (exact) mass is 356 g/mol. The molecular formula is C24H24N2O. The molecule has 0 spiro atoms. The Kier molecular flexibility index (Phi) is 3.61. The molecule has 0 N–H and O–H groups in total. The summed E-state index contributed by atoms with van der Waals surface area (Å²) in [7, 11) is 1.68. The van der Waals surface area contributed by atoms with E-state index in [1.807, 2.05) is 18.3 Å². The first-order valence-corrected chi connectivity index (χ1v) is 9.67. The zero-order valence-corrected chi connectivity index (χ0v) is 16.1. The second kappa shape index (κ2) is 5.91. The van der Waals surface area contributed by atoms with Crippen molar-refractivity contribution in [3.8, 4) is 28.3 Å². The van der Waals surface area contributed by atoms with Gasteiger partial charge in [0.05, 0.1) is 18.5 Å². The average Bonchev–Trinajstić information content (AvgIpc) is 2.73. The van der Waals surface area contributed by atoms with Crippen LogP contribution in [0.1, 0.15) is 37.4 Å². The summed E-state index contributed by atoms with van der Waals surface area (Å²) in [6.07, 6.45) is 4.37. The fourth-order valence-electron chi connectivity index (χ4n) is 4.76. The molecule has 3 aliphatic rings. The molecule has 0 amide bonds. The number of pyridine rings is 2. The molecule has 3 aliphatic carbocycles. The Hall–Kier alpha value is -2.68. The molecule has 3 nitrogen and oxygen atoms in total. The number of nitrogens with zero attached hydrogens (tertiary/aromatic N) is 2. The van der Waals surface area contributed by atoms with Crippen LogP contribution in [0.5, 0.6) is 5.75 Å². The molecule has 0 saturated heterocycles. The fourth-order valence-corrected chi connectivity index (χ4v) is 4.76. The van der Waals surface area contributed by atoms with E-state index in [2.05, 4.69) is 55.2 Å². The van der Waals surface area contributed by atoms with Gasteiger partial charge in [-0.2, -0.15) is 0 Å². The molecule has 0 unspecified atom stereocenters. The van der Waals surface area contributed by atoms with Crippen LogP contribution < -0.4 is 4.74 Å². The molecule has 0 radical (unpaired) electrons. The van der Waals surface area contributed by atoms with E-state index >= 15 is 0 Å². The Morgan fingerprint density at radius 1 is 0.926 bits per heavy atom. The lowest BCUT2D eigenvalue weighted by Crippen LogP contribution is -2.48. The first-order valence-electron chi connectivity index (χ1n) is 9.67. The highest BCUT2D eigenvalue weighted by Gasteiger charge is 2.52. The van der Waals surface area contributed by atoms with Crippen molar-refractivity contribution in [3.63, 3.8) is 0 Å². The van der Waals surface area contributed by atoms with Gasteiger partial charge in [-0.15, -0.1) is 0 Å². The van der Waals surface area contributed by atoms with Gasteiger partial charge in [-0.1, -0.05) is 38.1 Å². The average molecular weight is 356 g/mol. The lowest BCUT2D eigenvalue weighted by molar-refractivity contribution is 0.0170. The number of hydrogen-bond donors (Lipinski definition) is 0. The number of hydrogen-bond acceptors (Lipinski definition) is 3. The molecule has 136 valence electrons. The lowest BCUT2D eigenvalue weighted by Gasteiger charge is -2.56. The Labute approximate surface area is 160 Å². The maximum atomic E-state index is 5.23. The summed E-state index contributed by atoms with van der Waals surface area (Å²) in [5, 5.41) is 0. The van der Waals surface area contributed by atoms with Gasteiger partial charge in [-0.05, 0) is 65.5 Å². The Bertz CT molecular complexity index is 990. The van der Waals surface area contributed by atoms with Crippen molar-refractivity contribution >= 4 is 0 Å². The topological polar surface area (TPSA) is 35.0 Å². The third kappa shape index (κ3) is 2.56. The normalized spacial score (nSPS) is 21.9. The summed E-state index contributed by atoms with van der Waals surface area (Å²) >= 11 is 0. The number of aromatic nitrogens is 2. The molecule has 1 aromatic carbocycles. The fraction of sp³-hybridized carbons (Fsp3) is 0.333. The van der Waals surface area contributed by atoms with E-state index in [1.165, 1.54) is 17.7 Å². The third-order valence-electron chi connectivity index (χ3n) is 6.74. The van der Waals surface area contributed by atoms with E-state index in [-0.39, 0.29) is 0 Å². The maximum Gasteiger partial charge on any atom is 0.118 e. The van der Waals surface area contributed by atoms with E-state index in [1.54, 1.807) is 7.11 Å². The standard InChI is InChI=1S/C24H24N2O/c1-24(2)17-12-20(24)19-9-11-22(26-23(19)13-17)21-10-6-16(14-25-21)15-4-7-18(27-3)8-5-15/h4-11,14,17,20H,12-13H2,1-3H3/t17-,20+/m1/s1. The second-order valence-electron chi connectivity index (χ2n) is 8.40. The number of methoxy groups -OCH3 is 1. The van der Waals surface area contributed by atoms with Crippen molar-refractivity contribution in [2.75, 3.05) is 7.11 Å². The number of rotatable bonds is 3. The molecule has 2 heterocycles. The van der Waals surface area contributed by atoms with Crippen LogP contribution in [0, 0.1) is 11.3 Å². The van der Waals surface area contributed by atoms with E-state index in [9.17, 15) is 0 Å². The quantitative estimate of drug-likeness (QED) is 0.621. The Morgan fingerprint density at radius 2 is 1.67 bits per heavy atom. The third-order valence-corrected chi connectivity index (χ3v) is 6.74. The smallest absolute Gasteiger partial charge is 0.118 e. The van der Waals surface area contributed by atoms with Gasteiger partial charge in [0.2, 0.25) is 0 Å². The predicted molar refractivity (Wildman–Crippen MR) is 108 cm³/mol. The van der Waals surface area contributed by atoms with Crippen molar-refractivity contribution in [2.45, 2.75) is 32.6 Å². The van der Waals surface area contributed by atoms with Gasteiger partial charge in [0.15, 0.2) is 0 Å². The van der Waals surface area contributed by atoms with Crippen LogP contribution in [0.15, 0.2) is 54.7 Å². The summed E-state index contributed by atoms with van der Waals surface area (Å²) in [6, 6.07) is 16.7. The van der Waals surface area contributed by atoms with Gasteiger partial charge in [0.25, 0.3) is 0 Å². The van der Waals surface area contributed by atoms with Crippen LogP contribution in [-0.4, -0.2) is 17.1 Å². The number of ether oxygens (including phenoxy) is 1. The molecular weight excluding hydrogens is 332 g/mol. The maximum absolute atomic E-state index is 5.23. The highest BCUT2D eigenvalue weighted by molar-refractivity contribution is 5.66. The Balaban J connectivity index is 1.42. The molecule has 2 aromatic heterocycles. The van der Waals surface area contributed by atoms with Crippen molar-refractivity contribution < 1.29 is 4.74 Å². The van der Waals surface area contributed by atoms with E-state index in [0.29, 0.717) is 11.3 Å². The van der Waals surface area contributed by atoms with Gasteiger partial charge in [-0.25, -0.2) is 0 Å². The molecule has 6 rings (SSSR count). The van der Waals surface area contributed by atoms with Gasteiger partial charge in [0, 0.05) is 17.5 Å². The zero-order valence-electron chi connectivity index (χ0n) is 16.1. The van der Waals surface area contributed by atoms with Gasteiger partial charge in [0.1, 0.15) is 5.75 Å². The molecule has 2 atom stereocenters. The summed E-state index contributed by atoms with van der Waals surface area (Å²) in [5.74, 6) is 2.32. The Morgan fingerprint density at radius 3 is 2.33 bits per heavy atom. The lowest BCUT2D eigenvalue weighted by atomic mass is 9.48. The molecule has 2 bridgehead atoms. The van der Waals surface area contributed by atoms with Gasteiger partial charge < -0.3 is 4.74 Å². The van der Waals surface area contributed by atoms with Crippen molar-refractivity contribution in [2.24, 2.45) is 11.3 Å². The minimum atomic E-state index is 0.439. The van der Waals surface area contributed by atoms with E-state index < -0.39 is 0 Å². The molecule has 1 saturated carbocycles. The van der Waals surface area contributed by atoms with E-state index in [4.69, 9.17) is 9.72 Å². The minimum Gasteiger partial charge on any atom is -0.497 e. The minimum absolute atomic E-state index is 0.439. The molecule has 3 aromatic rings. The van der Waals surface area contributed by atoms with Crippen LogP contribution in [0.25, 0.3) is 22.5 Å². The second-order valence-corrected chi connectivity index (χ2v) is 8.40. The van der Waals surface area contributed by atoms with Crippen LogP contribution >= 0.6 is 0 Å². The van der Waals surface area contributed by atoms with Crippen LogP contribution in [-0.2, 0) is 6.42 Å². The SMILES string of the molecule is COc1ccc(-c2ccc(-c3ccc4c(n3)C[C@H]3C[C@@H]4C3(C)C)nc2)cc1. The summed E-state index contributed by atoms with van der Waals surface area (Å²) < 4.78 is 5.23. The summed E-state index contributed by atoms with van der Waals surface area (Å²) in [6.45, 7) is 4.81. The molecule has 27 heavy (non-hydrogen) atoms. The largest absolute Gasteiger partial charge is 0.497 e. The molecule has 3 heteroatoms. The van der Waals surface area contributed by atoms with Crippen molar-refractivity contribution in [1.29, 1.82) is 0 Å². The van der Waals surface area contributed by atoms with Crippen molar-refractivity contribution in [1.82, 2.24) is 9.97 Å². The molecule has 0 aliphatic heterocycles. The van der Waals surface area contributed by atoms with Crippen LogP contribution in [0.3, 0.4) is 0 Å². The summed E-state index contributed by atoms with van der Waals surface area (Å²) in [4.78, 5) is 9.66. The first-order chi connectivity index (χ1) is 13.1. The zero-order chi connectivity index (χ0) is 18.6. The number of benzene rings is 1. The molecule has 1 fully saturated rings. The van der Waals surface area contributed by atoms with Crippen molar-refractivity contribution in [3.05, 3.63) is 66.0 Å².